The molecule has 72 heavy (non-hydrogen) atoms. The first-order valence-corrected chi connectivity index (χ1v) is 30.6. The van der Waals surface area contributed by atoms with E-state index in [1.165, 1.54) is 148 Å². The Kier molecular flexibility index (Phi) is 57.3. The SMILES string of the molecule is CC/C=C\C/C=C\C/C=C\C/C=C\CCCCCCCCC(=O)OCC(COC(=O)CCCCCCC/C=C\C/C=C\CCCCCC)OC(=O)CCCCCCCCCCC/C=C\CCCCCCCC. The smallest absolute Gasteiger partial charge is 0.306 e. The minimum atomic E-state index is -0.791. The largest absolute Gasteiger partial charge is 0.462 e. The molecular weight excluding hydrogens is 889 g/mol. The third-order valence-electron chi connectivity index (χ3n) is 13.1. The van der Waals surface area contributed by atoms with Crippen LogP contribution in [0.5, 0.6) is 0 Å². The third kappa shape index (κ3) is 57.5. The normalized spacial score (nSPS) is 12.7. The van der Waals surface area contributed by atoms with Gasteiger partial charge in [-0.3, -0.25) is 14.4 Å². The van der Waals surface area contributed by atoms with E-state index in [0.717, 1.165) is 109 Å². The van der Waals surface area contributed by atoms with Crippen LogP contribution in [0.25, 0.3) is 0 Å². The maximum absolute atomic E-state index is 12.9. The number of esters is 3. The molecule has 1 unspecified atom stereocenters. The quantitative estimate of drug-likeness (QED) is 0.0261. The Hall–Kier alpha value is -3.41. The van der Waals surface area contributed by atoms with Crippen molar-refractivity contribution in [1.82, 2.24) is 0 Å². The van der Waals surface area contributed by atoms with E-state index in [4.69, 9.17) is 14.2 Å². The molecule has 0 aliphatic heterocycles. The summed E-state index contributed by atoms with van der Waals surface area (Å²) in [5, 5.41) is 0. The highest BCUT2D eigenvalue weighted by Gasteiger charge is 2.19. The topological polar surface area (TPSA) is 78.9 Å². The maximum atomic E-state index is 12.9. The van der Waals surface area contributed by atoms with Gasteiger partial charge in [-0.15, -0.1) is 0 Å². The molecule has 0 amide bonds. The molecular formula is C66H114O6. The molecule has 0 heterocycles. The Morgan fingerprint density at radius 2 is 0.542 bits per heavy atom. The van der Waals surface area contributed by atoms with Crippen molar-refractivity contribution in [2.24, 2.45) is 0 Å². The van der Waals surface area contributed by atoms with Gasteiger partial charge < -0.3 is 14.2 Å². The number of allylic oxidation sites excluding steroid dienone is 14. The third-order valence-corrected chi connectivity index (χ3v) is 13.1. The molecule has 0 spiro atoms. The molecule has 0 saturated heterocycles. The molecule has 0 N–H and O–H groups in total. The van der Waals surface area contributed by atoms with Crippen LogP contribution in [-0.4, -0.2) is 37.2 Å². The molecule has 0 aromatic carbocycles. The zero-order chi connectivity index (χ0) is 52.2. The summed E-state index contributed by atoms with van der Waals surface area (Å²) in [6, 6.07) is 0. The number of unbranched alkanes of at least 4 members (excludes halogenated alkanes) is 30. The molecule has 0 saturated carbocycles. The molecule has 0 fully saturated rings. The minimum Gasteiger partial charge on any atom is -0.462 e. The number of carbonyl (C=O) groups is 3. The highest BCUT2D eigenvalue weighted by Crippen LogP contribution is 2.15. The van der Waals surface area contributed by atoms with E-state index >= 15 is 0 Å². The Morgan fingerprint density at radius 1 is 0.292 bits per heavy atom. The number of ether oxygens (including phenoxy) is 3. The van der Waals surface area contributed by atoms with Crippen molar-refractivity contribution in [2.45, 2.75) is 303 Å². The van der Waals surface area contributed by atoms with Crippen LogP contribution >= 0.6 is 0 Å². The second-order valence-electron chi connectivity index (χ2n) is 20.2. The molecule has 0 aliphatic rings. The van der Waals surface area contributed by atoms with Crippen LogP contribution in [0.2, 0.25) is 0 Å². The lowest BCUT2D eigenvalue weighted by atomic mass is 10.1. The van der Waals surface area contributed by atoms with Crippen LogP contribution in [0.15, 0.2) is 85.1 Å². The van der Waals surface area contributed by atoms with E-state index in [0.29, 0.717) is 19.3 Å². The van der Waals surface area contributed by atoms with Crippen LogP contribution in [-0.2, 0) is 28.6 Å². The molecule has 0 aromatic heterocycles. The van der Waals surface area contributed by atoms with Crippen molar-refractivity contribution in [3.63, 3.8) is 0 Å². The second-order valence-corrected chi connectivity index (χ2v) is 20.2. The van der Waals surface area contributed by atoms with Crippen LogP contribution in [0, 0.1) is 0 Å². The fourth-order valence-electron chi connectivity index (χ4n) is 8.52. The molecule has 1 atom stereocenters. The predicted octanol–water partition coefficient (Wildman–Crippen LogP) is 20.7. The number of rotatable bonds is 55. The molecule has 6 nitrogen and oxygen atoms in total. The number of hydrogen-bond acceptors (Lipinski definition) is 6. The Bertz CT molecular complexity index is 1380. The van der Waals surface area contributed by atoms with Gasteiger partial charge in [-0.25, -0.2) is 0 Å². The summed E-state index contributed by atoms with van der Waals surface area (Å²) in [6.07, 6.45) is 78.6. The van der Waals surface area contributed by atoms with Gasteiger partial charge in [0, 0.05) is 19.3 Å². The van der Waals surface area contributed by atoms with Gasteiger partial charge in [-0.2, -0.15) is 0 Å². The van der Waals surface area contributed by atoms with E-state index < -0.39 is 6.10 Å². The van der Waals surface area contributed by atoms with Crippen LogP contribution < -0.4 is 0 Å². The molecule has 0 aliphatic carbocycles. The molecule has 0 aromatic rings. The van der Waals surface area contributed by atoms with Gasteiger partial charge in [0.2, 0.25) is 0 Å². The summed E-state index contributed by atoms with van der Waals surface area (Å²) in [7, 11) is 0. The maximum Gasteiger partial charge on any atom is 0.306 e. The van der Waals surface area contributed by atoms with E-state index in [-0.39, 0.29) is 31.1 Å². The molecule has 0 radical (unpaired) electrons. The van der Waals surface area contributed by atoms with Crippen LogP contribution in [0.3, 0.4) is 0 Å². The van der Waals surface area contributed by atoms with Crippen molar-refractivity contribution in [3.05, 3.63) is 85.1 Å². The first-order chi connectivity index (χ1) is 35.5. The summed E-state index contributed by atoms with van der Waals surface area (Å²) in [4.78, 5) is 38.3. The zero-order valence-corrected chi connectivity index (χ0v) is 47.4. The summed E-state index contributed by atoms with van der Waals surface area (Å²) >= 11 is 0. The van der Waals surface area contributed by atoms with E-state index in [9.17, 15) is 14.4 Å². The van der Waals surface area contributed by atoms with Gasteiger partial charge in [-0.1, -0.05) is 247 Å². The molecule has 6 heteroatoms. The molecule has 0 rings (SSSR count). The minimum absolute atomic E-state index is 0.0887. The van der Waals surface area contributed by atoms with Gasteiger partial charge in [-0.05, 0) is 116 Å². The first kappa shape index (κ1) is 68.6. The molecule has 414 valence electrons. The number of carbonyl (C=O) groups excluding carboxylic acids is 3. The van der Waals surface area contributed by atoms with E-state index in [2.05, 4.69) is 106 Å². The van der Waals surface area contributed by atoms with Crippen molar-refractivity contribution < 1.29 is 28.6 Å². The van der Waals surface area contributed by atoms with Gasteiger partial charge in [0.05, 0.1) is 0 Å². The van der Waals surface area contributed by atoms with Crippen molar-refractivity contribution >= 4 is 17.9 Å². The Morgan fingerprint density at radius 3 is 0.875 bits per heavy atom. The summed E-state index contributed by atoms with van der Waals surface area (Å²) in [6.45, 7) is 6.51. The van der Waals surface area contributed by atoms with Crippen molar-refractivity contribution in [2.75, 3.05) is 13.2 Å². The van der Waals surface area contributed by atoms with Gasteiger partial charge in [0.15, 0.2) is 6.10 Å². The van der Waals surface area contributed by atoms with E-state index in [1.807, 2.05) is 0 Å². The highest BCUT2D eigenvalue weighted by molar-refractivity contribution is 5.71. The fraction of sp³-hybridized carbons (Fsp3) is 0.742. The van der Waals surface area contributed by atoms with Crippen molar-refractivity contribution in [1.29, 1.82) is 0 Å². The van der Waals surface area contributed by atoms with Gasteiger partial charge in [0.25, 0.3) is 0 Å². The number of hydrogen-bond donors (Lipinski definition) is 0. The average molecular weight is 1000 g/mol. The van der Waals surface area contributed by atoms with Crippen molar-refractivity contribution in [3.8, 4) is 0 Å². The zero-order valence-electron chi connectivity index (χ0n) is 47.4. The van der Waals surface area contributed by atoms with Crippen LogP contribution in [0.4, 0.5) is 0 Å². The van der Waals surface area contributed by atoms with Gasteiger partial charge in [0.1, 0.15) is 13.2 Å². The summed E-state index contributed by atoms with van der Waals surface area (Å²) < 4.78 is 16.9. The summed E-state index contributed by atoms with van der Waals surface area (Å²) in [5.41, 5.74) is 0. The molecule has 0 bridgehead atoms. The van der Waals surface area contributed by atoms with Crippen LogP contribution in [0.1, 0.15) is 297 Å². The summed E-state index contributed by atoms with van der Waals surface area (Å²) in [5.74, 6) is -0.907. The second kappa shape index (κ2) is 60.1. The monoisotopic (exact) mass is 1000 g/mol. The first-order valence-electron chi connectivity index (χ1n) is 30.6. The predicted molar refractivity (Wildman–Crippen MR) is 311 cm³/mol. The van der Waals surface area contributed by atoms with Gasteiger partial charge >= 0.3 is 17.9 Å². The Balaban J connectivity index is 4.42. The standard InChI is InChI=1S/C66H114O6/c1-4-7-10-13-16-19-22-25-28-31-33-35-38-41-44-47-50-53-56-59-65(68)71-62-63(61-70-64(67)58-55-52-49-46-43-40-37-30-27-24-21-18-15-12-9-6-3)72-66(69)60-57-54-51-48-45-42-39-36-34-32-29-26-23-20-17-14-11-8-5-2/h7,10,16,19,21,24-26,28-30,33,35,37,63H,4-6,8-9,11-15,17-18,20,22-23,27,31-32,34,36,38-62H2,1-3H3/b10-7-,19-16-,24-21-,28-25-,29-26-,35-33-,37-30-. The lowest BCUT2D eigenvalue weighted by Gasteiger charge is -2.18. The average Bonchev–Trinajstić information content (AvgIpc) is 3.38. The Labute approximate surface area is 445 Å². The van der Waals surface area contributed by atoms with E-state index in [1.54, 1.807) is 0 Å². The fourth-order valence-corrected chi connectivity index (χ4v) is 8.52. The highest BCUT2D eigenvalue weighted by atomic mass is 16.6. The lowest BCUT2D eigenvalue weighted by molar-refractivity contribution is -0.167. The lowest BCUT2D eigenvalue weighted by Crippen LogP contribution is -2.30.